The van der Waals surface area contributed by atoms with E-state index in [4.69, 9.17) is 28.3 Å². The Kier molecular flexibility index (Phi) is 4.80. The first-order valence-corrected chi connectivity index (χ1v) is 8.06. The molecular formula is C16H11Cl2FN4O3. The number of nitrogens with one attached hydrogen (secondary N) is 1. The van der Waals surface area contributed by atoms with Crippen LogP contribution in [0.5, 0.6) is 0 Å². The van der Waals surface area contributed by atoms with Crippen molar-refractivity contribution < 1.29 is 14.3 Å². The second-order valence-electron chi connectivity index (χ2n) is 5.40. The van der Waals surface area contributed by atoms with E-state index in [2.05, 4.69) is 15.3 Å². The van der Waals surface area contributed by atoms with Gasteiger partial charge in [0.2, 0.25) is 0 Å². The third kappa shape index (κ3) is 3.21. The highest BCUT2D eigenvalue weighted by Gasteiger charge is 2.22. The van der Waals surface area contributed by atoms with Gasteiger partial charge in [0.15, 0.2) is 0 Å². The van der Waals surface area contributed by atoms with Crippen LogP contribution in [-0.2, 0) is 0 Å². The molecule has 7 nitrogen and oxygen atoms in total. The van der Waals surface area contributed by atoms with E-state index in [0.717, 1.165) is 16.8 Å². The molecule has 0 fully saturated rings. The third-order valence-corrected chi connectivity index (χ3v) is 4.25. The monoisotopic (exact) mass is 396 g/mol. The summed E-state index contributed by atoms with van der Waals surface area (Å²) in [6.07, 6.45) is 0.923. The Morgan fingerprint density at radius 2 is 2.00 bits per heavy atom. The summed E-state index contributed by atoms with van der Waals surface area (Å²) < 4.78 is 14.7. The molecule has 0 aliphatic heterocycles. The van der Waals surface area contributed by atoms with E-state index in [1.54, 1.807) is 0 Å². The zero-order valence-corrected chi connectivity index (χ0v) is 14.7. The molecule has 1 amide bonds. The summed E-state index contributed by atoms with van der Waals surface area (Å²) in [5.41, 5.74) is -0.419. The standard InChI is InChI=1S/C16H11Cl2FN4O3/c1-7(21-16(25)26)14-22-13-11(18)3-2-10(17)12(13)15(24)23(14)9-4-8(19)5-20-6-9/h2-7,21H,1H3,(H,25,26)/t7-/m0/s1. The van der Waals surface area contributed by atoms with Crippen LogP contribution < -0.4 is 10.9 Å². The Labute approximate surface area is 156 Å². The van der Waals surface area contributed by atoms with Gasteiger partial charge in [0.1, 0.15) is 11.6 Å². The second kappa shape index (κ2) is 6.89. The molecule has 3 rings (SSSR count). The molecule has 0 unspecified atom stereocenters. The molecule has 10 heteroatoms. The first kappa shape index (κ1) is 18.1. The van der Waals surface area contributed by atoms with Crippen LogP contribution >= 0.6 is 23.2 Å². The van der Waals surface area contributed by atoms with Gasteiger partial charge < -0.3 is 10.4 Å². The average molecular weight is 397 g/mol. The average Bonchev–Trinajstić information content (AvgIpc) is 2.57. The van der Waals surface area contributed by atoms with Gasteiger partial charge in [-0.25, -0.2) is 14.2 Å². The smallest absolute Gasteiger partial charge is 0.405 e. The van der Waals surface area contributed by atoms with E-state index in [-0.39, 0.29) is 32.5 Å². The summed E-state index contributed by atoms with van der Waals surface area (Å²) in [6.45, 7) is 1.49. The Balaban J connectivity index is 2.43. The van der Waals surface area contributed by atoms with Gasteiger partial charge in [-0.2, -0.15) is 0 Å². The number of amides is 1. The van der Waals surface area contributed by atoms with Crippen molar-refractivity contribution in [1.82, 2.24) is 19.9 Å². The Morgan fingerprint density at radius 3 is 2.65 bits per heavy atom. The SMILES string of the molecule is C[C@H](NC(=O)O)c1nc2c(Cl)ccc(Cl)c2c(=O)n1-c1cncc(F)c1. The Hall–Kier alpha value is -2.71. The van der Waals surface area contributed by atoms with Crippen LogP contribution in [0.2, 0.25) is 10.0 Å². The number of hydrogen-bond acceptors (Lipinski definition) is 4. The fourth-order valence-corrected chi connectivity index (χ4v) is 2.98. The van der Waals surface area contributed by atoms with Gasteiger partial charge in [0.05, 0.1) is 45.1 Å². The van der Waals surface area contributed by atoms with Crippen molar-refractivity contribution in [1.29, 1.82) is 0 Å². The van der Waals surface area contributed by atoms with Gasteiger partial charge in [-0.05, 0) is 19.1 Å². The zero-order valence-electron chi connectivity index (χ0n) is 13.2. The molecule has 26 heavy (non-hydrogen) atoms. The fourth-order valence-electron chi connectivity index (χ4n) is 2.55. The molecule has 0 saturated carbocycles. The highest BCUT2D eigenvalue weighted by atomic mass is 35.5. The number of rotatable bonds is 3. The third-order valence-electron chi connectivity index (χ3n) is 3.63. The molecule has 134 valence electrons. The number of nitrogens with zero attached hydrogens (tertiary/aromatic N) is 3. The van der Waals surface area contributed by atoms with Crippen molar-refractivity contribution in [3.05, 3.63) is 62.6 Å². The molecule has 1 atom stereocenters. The van der Waals surface area contributed by atoms with E-state index >= 15 is 0 Å². The molecule has 1 aromatic carbocycles. The zero-order chi connectivity index (χ0) is 19.0. The van der Waals surface area contributed by atoms with Crippen molar-refractivity contribution in [2.75, 3.05) is 0 Å². The fraction of sp³-hybridized carbons (Fsp3) is 0.125. The molecule has 2 heterocycles. The number of carboxylic acid groups (broad SMARTS) is 1. The predicted molar refractivity (Wildman–Crippen MR) is 94.7 cm³/mol. The largest absolute Gasteiger partial charge is 0.465 e. The number of benzene rings is 1. The van der Waals surface area contributed by atoms with Crippen LogP contribution in [0, 0.1) is 5.82 Å². The van der Waals surface area contributed by atoms with Gasteiger partial charge >= 0.3 is 6.09 Å². The van der Waals surface area contributed by atoms with Crippen molar-refractivity contribution in [3.63, 3.8) is 0 Å². The molecule has 0 aliphatic rings. The predicted octanol–water partition coefficient (Wildman–Crippen LogP) is 3.56. The Morgan fingerprint density at radius 1 is 1.31 bits per heavy atom. The van der Waals surface area contributed by atoms with E-state index in [9.17, 15) is 14.0 Å². The molecule has 2 aromatic heterocycles. The van der Waals surface area contributed by atoms with Gasteiger partial charge in [-0.1, -0.05) is 23.2 Å². The maximum Gasteiger partial charge on any atom is 0.405 e. The maximum absolute atomic E-state index is 13.6. The molecule has 2 N–H and O–H groups in total. The summed E-state index contributed by atoms with van der Waals surface area (Å²) in [5.74, 6) is -0.655. The summed E-state index contributed by atoms with van der Waals surface area (Å²) in [6, 6.07) is 3.11. The number of aromatic nitrogens is 3. The molecule has 0 bridgehead atoms. The van der Waals surface area contributed by atoms with Crippen molar-refractivity contribution in [2.24, 2.45) is 0 Å². The molecule has 0 spiro atoms. The van der Waals surface area contributed by atoms with Gasteiger partial charge in [0, 0.05) is 6.07 Å². The van der Waals surface area contributed by atoms with Gasteiger partial charge in [-0.3, -0.25) is 14.3 Å². The lowest BCUT2D eigenvalue weighted by Gasteiger charge is -2.19. The van der Waals surface area contributed by atoms with Crippen molar-refractivity contribution >= 4 is 40.2 Å². The molecule has 0 aliphatic carbocycles. The lowest BCUT2D eigenvalue weighted by molar-refractivity contribution is 0.190. The van der Waals surface area contributed by atoms with E-state index < -0.39 is 23.5 Å². The number of carbonyl (C=O) groups is 1. The number of halogens is 3. The minimum atomic E-state index is -1.31. The van der Waals surface area contributed by atoms with Crippen LogP contribution in [0.4, 0.5) is 9.18 Å². The maximum atomic E-state index is 13.6. The minimum absolute atomic E-state index is 0.0152. The second-order valence-corrected chi connectivity index (χ2v) is 6.21. The summed E-state index contributed by atoms with van der Waals surface area (Å²) >= 11 is 12.3. The lowest BCUT2D eigenvalue weighted by atomic mass is 10.2. The van der Waals surface area contributed by atoms with E-state index in [1.165, 1.54) is 25.3 Å². The van der Waals surface area contributed by atoms with Crippen molar-refractivity contribution in [3.8, 4) is 5.69 Å². The van der Waals surface area contributed by atoms with Crippen LogP contribution in [0.25, 0.3) is 16.6 Å². The number of fused-ring (bicyclic) bond motifs is 1. The van der Waals surface area contributed by atoms with Crippen LogP contribution in [0.3, 0.4) is 0 Å². The van der Waals surface area contributed by atoms with Crippen molar-refractivity contribution in [2.45, 2.75) is 13.0 Å². The van der Waals surface area contributed by atoms with E-state index in [0.29, 0.717) is 0 Å². The highest BCUT2D eigenvalue weighted by Crippen LogP contribution is 2.28. The highest BCUT2D eigenvalue weighted by molar-refractivity contribution is 6.39. The normalized spacial score (nSPS) is 12.2. The molecule has 0 saturated heterocycles. The number of pyridine rings is 1. The Bertz CT molecular complexity index is 1090. The van der Waals surface area contributed by atoms with E-state index in [1.807, 2.05) is 0 Å². The summed E-state index contributed by atoms with van der Waals surface area (Å²) in [4.78, 5) is 32.1. The molecule has 3 aromatic rings. The van der Waals surface area contributed by atoms with Gasteiger partial charge in [0.25, 0.3) is 5.56 Å². The first-order valence-electron chi connectivity index (χ1n) is 7.30. The van der Waals surface area contributed by atoms with Crippen LogP contribution in [-0.4, -0.2) is 25.7 Å². The summed E-state index contributed by atoms with van der Waals surface area (Å²) in [7, 11) is 0. The molecule has 0 radical (unpaired) electrons. The lowest BCUT2D eigenvalue weighted by Crippen LogP contribution is -2.32. The quantitative estimate of drug-likeness (QED) is 0.705. The topological polar surface area (TPSA) is 97.1 Å². The van der Waals surface area contributed by atoms with Gasteiger partial charge in [-0.15, -0.1) is 0 Å². The first-order chi connectivity index (χ1) is 12.3. The summed E-state index contributed by atoms with van der Waals surface area (Å²) in [5, 5.41) is 11.5. The van der Waals surface area contributed by atoms with Crippen LogP contribution in [0.1, 0.15) is 18.8 Å². The minimum Gasteiger partial charge on any atom is -0.465 e. The molecular weight excluding hydrogens is 386 g/mol. The number of hydrogen-bond donors (Lipinski definition) is 2. The van der Waals surface area contributed by atoms with Crippen LogP contribution in [0.15, 0.2) is 35.4 Å².